The third kappa shape index (κ3) is 2.20. The van der Waals surface area contributed by atoms with Crippen molar-refractivity contribution in [3.63, 3.8) is 0 Å². The molecule has 0 radical (unpaired) electrons. The Kier molecular flexibility index (Phi) is 2.51. The molecule has 0 aromatic carbocycles. The summed E-state index contributed by atoms with van der Waals surface area (Å²) in [5.41, 5.74) is 1.35. The average Bonchev–Trinajstić information content (AvgIpc) is 2.77. The van der Waals surface area contributed by atoms with Gasteiger partial charge in [-0.15, -0.1) is 11.3 Å². The van der Waals surface area contributed by atoms with E-state index in [1.54, 1.807) is 11.3 Å². The quantitative estimate of drug-likeness (QED) is 0.784. The van der Waals surface area contributed by atoms with Crippen LogP contribution in [-0.2, 0) is 0 Å². The van der Waals surface area contributed by atoms with Crippen LogP contribution in [0, 0.1) is 5.92 Å². The van der Waals surface area contributed by atoms with Gasteiger partial charge < -0.3 is 5.11 Å². The van der Waals surface area contributed by atoms with E-state index in [4.69, 9.17) is 0 Å². The first kappa shape index (κ1) is 8.97. The largest absolute Gasteiger partial charge is 0.389 e. The van der Waals surface area contributed by atoms with Crippen LogP contribution in [0.3, 0.4) is 0 Å². The number of aliphatic hydroxyl groups excluding tert-OH is 1. The normalized spacial score (nSPS) is 20.3. The zero-order valence-corrected chi connectivity index (χ0v) is 8.55. The van der Waals surface area contributed by atoms with Crippen LogP contribution < -0.4 is 0 Å². The predicted octanol–water partition coefficient (Wildman–Crippen LogP) is 2.92. The summed E-state index contributed by atoms with van der Waals surface area (Å²) >= 11 is 1.76. The lowest BCUT2D eigenvalue weighted by atomic mass is 10.1. The maximum Gasteiger partial charge on any atom is 0.0699 e. The van der Waals surface area contributed by atoms with Gasteiger partial charge in [0, 0.05) is 4.88 Å². The van der Waals surface area contributed by atoms with E-state index in [0.717, 1.165) is 0 Å². The number of rotatable bonds is 3. The highest BCUT2D eigenvalue weighted by Crippen LogP contribution is 2.43. The van der Waals surface area contributed by atoms with Crippen LogP contribution in [0.15, 0.2) is 23.6 Å². The van der Waals surface area contributed by atoms with E-state index in [1.807, 2.05) is 13.0 Å². The molecule has 1 aliphatic rings. The molecular formula is C11H14OS. The fraction of sp³-hybridized carbons (Fsp3) is 0.455. The lowest BCUT2D eigenvalue weighted by Crippen LogP contribution is -1.96. The van der Waals surface area contributed by atoms with E-state index in [1.165, 1.54) is 23.3 Å². The van der Waals surface area contributed by atoms with Crippen molar-refractivity contribution in [2.75, 3.05) is 0 Å². The molecule has 2 rings (SSSR count). The Morgan fingerprint density at radius 3 is 2.92 bits per heavy atom. The molecule has 13 heavy (non-hydrogen) atoms. The van der Waals surface area contributed by atoms with Crippen LogP contribution in [0.1, 0.15) is 24.6 Å². The minimum Gasteiger partial charge on any atom is -0.389 e. The highest BCUT2D eigenvalue weighted by molar-refractivity contribution is 7.11. The standard InChI is InChI=1S/C11H14OS/c1-8(12)7-10(9-4-5-9)11-3-2-6-13-11/h2-3,6-9,12H,4-5H2,1H3/b10-7-. The summed E-state index contributed by atoms with van der Waals surface area (Å²) in [6.07, 6.45) is 4.24. The van der Waals surface area contributed by atoms with Crippen LogP contribution >= 0.6 is 11.3 Å². The van der Waals surface area contributed by atoms with Gasteiger partial charge in [0.15, 0.2) is 0 Å². The SMILES string of the molecule is CC(O)/C=C(\c1cccs1)C1CC1. The molecule has 0 spiro atoms. The van der Waals surface area contributed by atoms with Gasteiger partial charge in [-0.2, -0.15) is 0 Å². The fourth-order valence-corrected chi connectivity index (χ4v) is 2.35. The van der Waals surface area contributed by atoms with Gasteiger partial charge in [0.1, 0.15) is 0 Å². The van der Waals surface area contributed by atoms with Crippen LogP contribution in [0.25, 0.3) is 5.57 Å². The second kappa shape index (κ2) is 3.64. The summed E-state index contributed by atoms with van der Waals surface area (Å²) in [7, 11) is 0. The third-order valence-corrected chi connectivity index (χ3v) is 3.16. The smallest absolute Gasteiger partial charge is 0.0699 e. The summed E-state index contributed by atoms with van der Waals surface area (Å²) in [4.78, 5) is 1.32. The highest BCUT2D eigenvalue weighted by Gasteiger charge is 2.27. The number of hydrogen-bond donors (Lipinski definition) is 1. The second-order valence-corrected chi connectivity index (χ2v) is 4.56. The van der Waals surface area contributed by atoms with Crippen molar-refractivity contribution in [2.45, 2.75) is 25.9 Å². The minimum absolute atomic E-state index is 0.322. The third-order valence-electron chi connectivity index (χ3n) is 2.24. The van der Waals surface area contributed by atoms with Crippen molar-refractivity contribution in [1.82, 2.24) is 0 Å². The molecular weight excluding hydrogens is 180 g/mol. The lowest BCUT2D eigenvalue weighted by Gasteiger charge is -2.04. The van der Waals surface area contributed by atoms with Crippen LogP contribution in [-0.4, -0.2) is 11.2 Å². The molecule has 0 bridgehead atoms. The fourth-order valence-electron chi connectivity index (χ4n) is 1.52. The molecule has 1 fully saturated rings. The van der Waals surface area contributed by atoms with E-state index in [0.29, 0.717) is 5.92 Å². The molecule has 0 saturated heterocycles. The summed E-state index contributed by atoms with van der Waals surface area (Å²) in [5, 5.41) is 11.4. The Hall–Kier alpha value is -0.600. The molecule has 70 valence electrons. The molecule has 0 aliphatic heterocycles. The Balaban J connectivity index is 2.24. The molecule has 1 unspecified atom stereocenters. The highest BCUT2D eigenvalue weighted by atomic mass is 32.1. The van der Waals surface area contributed by atoms with Gasteiger partial charge in [-0.3, -0.25) is 0 Å². The molecule has 1 N–H and O–H groups in total. The Labute approximate surface area is 82.7 Å². The predicted molar refractivity (Wildman–Crippen MR) is 56.7 cm³/mol. The van der Waals surface area contributed by atoms with Crippen molar-refractivity contribution in [2.24, 2.45) is 5.92 Å². The summed E-state index contributed by atoms with van der Waals surface area (Å²) in [6.45, 7) is 1.82. The van der Waals surface area contributed by atoms with Crippen LogP contribution in [0.5, 0.6) is 0 Å². The topological polar surface area (TPSA) is 20.2 Å². The van der Waals surface area contributed by atoms with E-state index < -0.39 is 0 Å². The Morgan fingerprint density at radius 2 is 2.46 bits per heavy atom. The lowest BCUT2D eigenvalue weighted by molar-refractivity contribution is 0.244. The van der Waals surface area contributed by atoms with Crippen molar-refractivity contribution in [3.05, 3.63) is 28.5 Å². The average molecular weight is 194 g/mol. The van der Waals surface area contributed by atoms with Crippen molar-refractivity contribution in [3.8, 4) is 0 Å². The molecule has 1 heterocycles. The number of hydrogen-bond acceptors (Lipinski definition) is 2. The van der Waals surface area contributed by atoms with Crippen LogP contribution in [0.2, 0.25) is 0 Å². The number of thiophene rings is 1. The van der Waals surface area contributed by atoms with E-state index >= 15 is 0 Å². The van der Waals surface area contributed by atoms with Gasteiger partial charge in [0.2, 0.25) is 0 Å². The molecule has 0 amide bonds. The van der Waals surface area contributed by atoms with Gasteiger partial charge in [-0.05, 0) is 42.7 Å². The molecule has 1 aromatic heterocycles. The van der Waals surface area contributed by atoms with Gasteiger partial charge in [0.25, 0.3) is 0 Å². The van der Waals surface area contributed by atoms with Crippen molar-refractivity contribution >= 4 is 16.9 Å². The van der Waals surface area contributed by atoms with Crippen molar-refractivity contribution < 1.29 is 5.11 Å². The van der Waals surface area contributed by atoms with E-state index in [2.05, 4.69) is 17.5 Å². The van der Waals surface area contributed by atoms with Gasteiger partial charge in [-0.25, -0.2) is 0 Å². The molecule has 2 heteroatoms. The van der Waals surface area contributed by atoms with E-state index in [-0.39, 0.29) is 6.10 Å². The molecule has 1 atom stereocenters. The van der Waals surface area contributed by atoms with Gasteiger partial charge in [0.05, 0.1) is 6.10 Å². The molecule has 1 aromatic rings. The maximum absolute atomic E-state index is 9.33. The maximum atomic E-state index is 9.33. The zero-order chi connectivity index (χ0) is 9.26. The first-order valence-corrected chi connectivity index (χ1v) is 5.59. The number of aliphatic hydroxyl groups is 1. The zero-order valence-electron chi connectivity index (χ0n) is 7.73. The monoisotopic (exact) mass is 194 g/mol. The molecule has 1 saturated carbocycles. The van der Waals surface area contributed by atoms with Crippen LogP contribution in [0.4, 0.5) is 0 Å². The molecule has 1 nitrogen and oxygen atoms in total. The Bertz CT molecular complexity index is 294. The molecule has 1 aliphatic carbocycles. The Morgan fingerprint density at radius 1 is 1.69 bits per heavy atom. The van der Waals surface area contributed by atoms with Crippen molar-refractivity contribution in [1.29, 1.82) is 0 Å². The van der Waals surface area contributed by atoms with Gasteiger partial charge in [-0.1, -0.05) is 12.1 Å². The number of allylic oxidation sites excluding steroid dienone is 1. The summed E-state index contributed by atoms with van der Waals surface area (Å²) in [5.74, 6) is 0.716. The summed E-state index contributed by atoms with van der Waals surface area (Å²) < 4.78 is 0. The first-order valence-electron chi connectivity index (χ1n) is 4.71. The summed E-state index contributed by atoms with van der Waals surface area (Å²) in [6, 6.07) is 4.20. The van der Waals surface area contributed by atoms with E-state index in [9.17, 15) is 5.11 Å². The van der Waals surface area contributed by atoms with Gasteiger partial charge >= 0.3 is 0 Å². The minimum atomic E-state index is -0.322. The first-order chi connectivity index (χ1) is 6.27. The second-order valence-electron chi connectivity index (χ2n) is 3.61.